The van der Waals surface area contributed by atoms with Crippen LogP contribution in [0.1, 0.15) is 21.5 Å². The van der Waals surface area contributed by atoms with Crippen molar-refractivity contribution in [1.29, 1.82) is 0 Å². The predicted octanol–water partition coefficient (Wildman–Crippen LogP) is 4.65. The van der Waals surface area contributed by atoms with Crippen molar-refractivity contribution in [1.82, 2.24) is 5.43 Å². The monoisotopic (exact) mass is 454 g/mol. The van der Waals surface area contributed by atoms with Gasteiger partial charge in [0.1, 0.15) is 18.1 Å². The highest BCUT2D eigenvalue weighted by atomic mass is 16.5. The molecule has 4 aromatic rings. The Kier molecular flexibility index (Phi) is 7.15. The van der Waals surface area contributed by atoms with Gasteiger partial charge in [0.2, 0.25) is 0 Å². The number of benzene rings is 4. The van der Waals surface area contributed by atoms with E-state index in [4.69, 9.17) is 14.6 Å². The number of carbonyl (C=O) groups is 2. The van der Waals surface area contributed by atoms with E-state index in [1.54, 1.807) is 36.4 Å². The fourth-order valence-electron chi connectivity index (χ4n) is 3.26. The number of carboxylic acids is 1. The van der Waals surface area contributed by atoms with Gasteiger partial charge >= 0.3 is 5.97 Å². The lowest BCUT2D eigenvalue weighted by Crippen LogP contribution is -2.17. The number of fused-ring (bicyclic) bond motifs is 1. The van der Waals surface area contributed by atoms with E-state index < -0.39 is 12.6 Å². The molecule has 0 aliphatic carbocycles. The molecule has 4 aromatic carbocycles. The molecule has 0 aliphatic heterocycles. The zero-order chi connectivity index (χ0) is 23.8. The van der Waals surface area contributed by atoms with Gasteiger partial charge in [-0.3, -0.25) is 4.79 Å². The summed E-state index contributed by atoms with van der Waals surface area (Å²) in [5, 5.41) is 15.0. The molecule has 0 aliphatic rings. The number of hydrogen-bond acceptors (Lipinski definition) is 5. The minimum Gasteiger partial charge on any atom is -0.489 e. The lowest BCUT2D eigenvalue weighted by atomic mass is 10.1. The molecule has 7 heteroatoms. The summed E-state index contributed by atoms with van der Waals surface area (Å²) in [7, 11) is 0. The molecular weight excluding hydrogens is 432 g/mol. The molecule has 34 heavy (non-hydrogen) atoms. The molecule has 1 amide bonds. The van der Waals surface area contributed by atoms with Gasteiger partial charge in [0.15, 0.2) is 6.61 Å². The number of hydrazone groups is 1. The van der Waals surface area contributed by atoms with Gasteiger partial charge in [-0.15, -0.1) is 0 Å². The van der Waals surface area contributed by atoms with Gasteiger partial charge in [0.25, 0.3) is 5.91 Å². The van der Waals surface area contributed by atoms with Crippen molar-refractivity contribution in [2.24, 2.45) is 5.10 Å². The first-order chi connectivity index (χ1) is 16.6. The van der Waals surface area contributed by atoms with E-state index in [9.17, 15) is 9.59 Å². The summed E-state index contributed by atoms with van der Waals surface area (Å²) in [5.74, 6) is -0.311. The molecule has 0 heterocycles. The summed E-state index contributed by atoms with van der Waals surface area (Å²) >= 11 is 0. The van der Waals surface area contributed by atoms with Crippen LogP contribution in [-0.4, -0.2) is 29.8 Å². The SMILES string of the molecule is O=C(O)COc1ccccc1/C=N/NC(=O)c1ccc(COc2ccc3ccccc3c2)cc1. The van der Waals surface area contributed by atoms with Crippen LogP contribution in [0, 0.1) is 0 Å². The van der Waals surface area contributed by atoms with Crippen LogP contribution in [-0.2, 0) is 11.4 Å². The third-order valence-electron chi connectivity index (χ3n) is 4.98. The molecule has 0 aromatic heterocycles. The molecular formula is C27H22N2O5. The van der Waals surface area contributed by atoms with Crippen molar-refractivity contribution in [3.8, 4) is 11.5 Å². The van der Waals surface area contributed by atoms with E-state index in [0.717, 1.165) is 22.1 Å². The number of para-hydroxylation sites is 1. The summed E-state index contributed by atoms with van der Waals surface area (Å²) in [6.45, 7) is -0.0837. The third-order valence-corrected chi connectivity index (χ3v) is 4.98. The highest BCUT2D eigenvalue weighted by Crippen LogP contribution is 2.21. The number of amides is 1. The lowest BCUT2D eigenvalue weighted by Gasteiger charge is -2.08. The van der Waals surface area contributed by atoms with E-state index in [-0.39, 0.29) is 5.91 Å². The Morgan fingerprint density at radius 3 is 2.38 bits per heavy atom. The standard InChI is InChI=1S/C27H22N2O5/c30-26(31)18-34-25-8-4-3-7-23(25)16-28-29-27(32)21-11-9-19(10-12-21)17-33-24-14-13-20-5-1-2-6-22(20)15-24/h1-16H,17-18H2,(H,29,32)(H,30,31)/b28-16+. The fourth-order valence-corrected chi connectivity index (χ4v) is 3.26. The Hall–Kier alpha value is -4.65. The van der Waals surface area contributed by atoms with Crippen LogP contribution >= 0.6 is 0 Å². The molecule has 0 saturated heterocycles. The molecule has 0 unspecified atom stereocenters. The Morgan fingerprint density at radius 1 is 0.853 bits per heavy atom. The van der Waals surface area contributed by atoms with Gasteiger partial charge in [0.05, 0.1) is 6.21 Å². The van der Waals surface area contributed by atoms with Crippen molar-refractivity contribution < 1.29 is 24.2 Å². The maximum Gasteiger partial charge on any atom is 0.341 e. The second-order valence-corrected chi connectivity index (χ2v) is 7.41. The van der Waals surface area contributed by atoms with Gasteiger partial charge in [-0.25, -0.2) is 10.2 Å². The fraction of sp³-hybridized carbons (Fsp3) is 0.0741. The second kappa shape index (κ2) is 10.8. The zero-order valence-electron chi connectivity index (χ0n) is 18.2. The van der Waals surface area contributed by atoms with Gasteiger partial charge < -0.3 is 14.6 Å². The second-order valence-electron chi connectivity index (χ2n) is 7.41. The van der Waals surface area contributed by atoms with E-state index >= 15 is 0 Å². The van der Waals surface area contributed by atoms with Crippen LogP contribution in [0.4, 0.5) is 0 Å². The van der Waals surface area contributed by atoms with Gasteiger partial charge in [-0.1, -0.05) is 54.6 Å². The van der Waals surface area contributed by atoms with Gasteiger partial charge in [-0.05, 0) is 52.7 Å². The van der Waals surface area contributed by atoms with E-state index in [1.165, 1.54) is 6.21 Å². The smallest absolute Gasteiger partial charge is 0.341 e. The number of ether oxygens (including phenoxy) is 2. The summed E-state index contributed by atoms with van der Waals surface area (Å²) in [6.07, 6.45) is 1.40. The van der Waals surface area contributed by atoms with Crippen LogP contribution in [0.15, 0.2) is 96.1 Å². The number of carbonyl (C=O) groups excluding carboxylic acids is 1. The molecule has 0 spiro atoms. The number of hydrogen-bond donors (Lipinski definition) is 2. The van der Waals surface area contributed by atoms with Gasteiger partial charge in [-0.2, -0.15) is 5.10 Å². The summed E-state index contributed by atoms with van der Waals surface area (Å²) in [5.41, 5.74) is 4.38. The number of carboxylic acid groups (broad SMARTS) is 1. The maximum absolute atomic E-state index is 12.4. The van der Waals surface area contributed by atoms with Crippen LogP contribution in [0.5, 0.6) is 11.5 Å². The summed E-state index contributed by atoms with van der Waals surface area (Å²) in [6, 6.07) is 27.9. The Labute approximate surface area is 196 Å². The highest BCUT2D eigenvalue weighted by Gasteiger charge is 2.06. The van der Waals surface area contributed by atoms with Crippen molar-refractivity contribution in [2.45, 2.75) is 6.61 Å². The Morgan fingerprint density at radius 2 is 1.59 bits per heavy atom. The Balaban J connectivity index is 1.32. The molecule has 170 valence electrons. The minimum atomic E-state index is -1.08. The zero-order valence-corrected chi connectivity index (χ0v) is 18.2. The average molecular weight is 454 g/mol. The van der Waals surface area contributed by atoms with E-state index in [1.807, 2.05) is 48.5 Å². The largest absolute Gasteiger partial charge is 0.489 e. The summed E-state index contributed by atoms with van der Waals surface area (Å²) < 4.78 is 11.1. The van der Waals surface area contributed by atoms with Crippen LogP contribution in [0.25, 0.3) is 10.8 Å². The van der Waals surface area contributed by atoms with Crippen LogP contribution in [0.2, 0.25) is 0 Å². The van der Waals surface area contributed by atoms with Crippen molar-refractivity contribution in [3.05, 3.63) is 108 Å². The number of aliphatic carboxylic acids is 1. The van der Waals surface area contributed by atoms with Crippen molar-refractivity contribution >= 4 is 28.9 Å². The molecule has 7 nitrogen and oxygen atoms in total. The number of rotatable bonds is 9. The van der Waals surface area contributed by atoms with E-state index in [0.29, 0.717) is 23.5 Å². The molecule has 0 bridgehead atoms. The normalized spacial score (nSPS) is 10.8. The predicted molar refractivity (Wildman–Crippen MR) is 129 cm³/mol. The first-order valence-corrected chi connectivity index (χ1v) is 10.6. The number of nitrogens with one attached hydrogen (secondary N) is 1. The van der Waals surface area contributed by atoms with Gasteiger partial charge in [0, 0.05) is 11.1 Å². The summed E-state index contributed by atoms with van der Waals surface area (Å²) in [4.78, 5) is 23.1. The minimum absolute atomic E-state index is 0.360. The highest BCUT2D eigenvalue weighted by molar-refractivity contribution is 5.95. The molecule has 0 saturated carbocycles. The first-order valence-electron chi connectivity index (χ1n) is 10.6. The van der Waals surface area contributed by atoms with Crippen LogP contribution < -0.4 is 14.9 Å². The van der Waals surface area contributed by atoms with E-state index in [2.05, 4.69) is 16.6 Å². The third kappa shape index (κ3) is 5.98. The van der Waals surface area contributed by atoms with Crippen LogP contribution in [0.3, 0.4) is 0 Å². The molecule has 2 N–H and O–H groups in total. The topological polar surface area (TPSA) is 97.2 Å². The average Bonchev–Trinajstić information content (AvgIpc) is 2.87. The molecule has 0 atom stereocenters. The van der Waals surface area contributed by atoms with Crippen molar-refractivity contribution in [2.75, 3.05) is 6.61 Å². The van der Waals surface area contributed by atoms with Crippen molar-refractivity contribution in [3.63, 3.8) is 0 Å². The molecule has 0 fully saturated rings. The maximum atomic E-state index is 12.4. The number of nitrogens with zero attached hydrogens (tertiary/aromatic N) is 1. The lowest BCUT2D eigenvalue weighted by molar-refractivity contribution is -0.139. The molecule has 4 rings (SSSR count). The molecule has 0 radical (unpaired) electrons. The first kappa shape index (κ1) is 22.5. The Bertz CT molecular complexity index is 1330. The quantitative estimate of drug-likeness (QED) is 0.284.